The van der Waals surface area contributed by atoms with Crippen LogP contribution in [0, 0.1) is 0 Å². The second-order valence-electron chi connectivity index (χ2n) is 10.2. The van der Waals surface area contributed by atoms with Crippen molar-refractivity contribution in [2.24, 2.45) is 20.4 Å². The molecule has 8 nitrogen and oxygen atoms in total. The summed E-state index contributed by atoms with van der Waals surface area (Å²) in [7, 11) is 0. The van der Waals surface area contributed by atoms with Crippen molar-refractivity contribution in [2.45, 2.75) is 12.8 Å². The fourth-order valence-corrected chi connectivity index (χ4v) is 6.37. The first-order valence-corrected chi connectivity index (χ1v) is 17.0. The van der Waals surface area contributed by atoms with Crippen molar-refractivity contribution < 1.29 is 18.9 Å². The summed E-state index contributed by atoms with van der Waals surface area (Å²) in [4.78, 5) is 0. The Balaban J connectivity index is 0.000000145. The quantitative estimate of drug-likeness (QED) is 0.221. The Kier molecular flexibility index (Phi) is 8.51. The zero-order valence-corrected chi connectivity index (χ0v) is 26.8. The summed E-state index contributed by atoms with van der Waals surface area (Å²) in [5.41, 5.74) is 7.86. The first kappa shape index (κ1) is 29.5. The van der Waals surface area contributed by atoms with Gasteiger partial charge in [-0.25, -0.2) is 0 Å². The average molecular weight is 655 g/mol. The van der Waals surface area contributed by atoms with Gasteiger partial charge in [-0.2, -0.15) is 0 Å². The highest BCUT2D eigenvalue weighted by atomic mass is 35.5. The molecule has 8 rings (SSSR count). The van der Waals surface area contributed by atoms with Crippen LogP contribution in [0.5, 0.6) is 23.0 Å². The third-order valence-corrected chi connectivity index (χ3v) is 9.29. The normalized spacial score (nSPS) is 15.6. The molecule has 0 saturated carbocycles. The molecule has 4 heterocycles. The van der Waals surface area contributed by atoms with Crippen LogP contribution in [-0.4, -0.2) is 47.6 Å². The molecule has 4 aliphatic heterocycles. The average Bonchev–Trinajstić information content (AvgIpc) is 3.64. The van der Waals surface area contributed by atoms with E-state index in [0.717, 1.165) is 84.3 Å². The van der Waals surface area contributed by atoms with Crippen molar-refractivity contribution in [3.63, 3.8) is 0 Å². The van der Waals surface area contributed by atoms with Crippen LogP contribution in [0.15, 0.2) is 99.3 Å². The van der Waals surface area contributed by atoms with Crippen molar-refractivity contribution in [1.29, 1.82) is 0 Å². The highest BCUT2D eigenvalue weighted by Gasteiger charge is 2.25. The maximum absolute atomic E-state index is 6.37. The summed E-state index contributed by atoms with van der Waals surface area (Å²) < 4.78 is 22.1. The minimum absolute atomic E-state index is 0.250. The molecule has 0 unspecified atom stereocenters. The van der Waals surface area contributed by atoms with E-state index in [-0.39, 0.29) is 13.6 Å². The molecule has 4 aromatic carbocycles. The number of benzene rings is 4. The fourth-order valence-electron chi connectivity index (χ4n) is 5.30. The smallest absolute Gasteiger partial charge is 0.231 e. The zero-order valence-electron chi connectivity index (χ0n) is 24.5. The Hall–Kier alpha value is -4.25. The van der Waals surface area contributed by atoms with E-state index >= 15 is 0 Å². The molecular weight excluding hydrogens is 628 g/mol. The first-order valence-electron chi connectivity index (χ1n) is 14.1. The molecule has 0 fully saturated rings. The second-order valence-corrected chi connectivity index (χ2v) is 12.4. The topological polar surface area (TPSA) is 86.4 Å². The summed E-state index contributed by atoms with van der Waals surface area (Å²) in [6, 6.07) is 25.8. The van der Waals surface area contributed by atoms with E-state index in [1.54, 1.807) is 23.5 Å². The highest BCUT2D eigenvalue weighted by Crippen LogP contribution is 2.39. The minimum atomic E-state index is 0.250. The van der Waals surface area contributed by atoms with Crippen molar-refractivity contribution in [3.05, 3.63) is 117 Å². The molecule has 0 radical (unpaired) electrons. The van der Waals surface area contributed by atoms with Crippen LogP contribution in [0.3, 0.4) is 0 Å². The van der Waals surface area contributed by atoms with Crippen LogP contribution in [0.2, 0.25) is 5.02 Å². The van der Waals surface area contributed by atoms with Crippen LogP contribution < -0.4 is 18.9 Å². The number of thioether (sulfide) groups is 2. The van der Waals surface area contributed by atoms with Gasteiger partial charge in [-0.3, -0.25) is 0 Å². The van der Waals surface area contributed by atoms with Gasteiger partial charge in [0.15, 0.2) is 23.0 Å². The van der Waals surface area contributed by atoms with E-state index in [4.69, 9.17) is 30.5 Å². The standard InChI is InChI=1S/C17H13ClN2O2S.C17H14N2O2S/c1-23-16-7-10-6-14-15(22-9-21-14)8-12(10)17(20-19-16)11-4-2-3-5-13(11)18;1-22-16-8-12-7-14-15(21-10-20-14)9-13(12)17(19-18-16)11-5-3-2-4-6-11/h2-6,8H,7,9H2,1H3;2-7,9H,8,10H2,1H3. The maximum atomic E-state index is 6.37. The van der Waals surface area contributed by atoms with Crippen molar-refractivity contribution in [1.82, 2.24) is 0 Å². The number of hydrogen-bond donors (Lipinski definition) is 0. The number of rotatable bonds is 2. The molecule has 4 aromatic rings. The Bertz CT molecular complexity index is 1910. The van der Waals surface area contributed by atoms with Gasteiger partial charge in [-0.1, -0.05) is 60.1 Å². The van der Waals surface area contributed by atoms with Crippen molar-refractivity contribution in [3.8, 4) is 23.0 Å². The number of halogens is 1. The Morgan fingerprint density at radius 1 is 0.556 bits per heavy atom. The molecule has 45 heavy (non-hydrogen) atoms. The fraction of sp³-hybridized carbons (Fsp3) is 0.176. The lowest BCUT2D eigenvalue weighted by Gasteiger charge is -2.12. The molecule has 0 amide bonds. The van der Waals surface area contributed by atoms with Crippen molar-refractivity contribution in [2.75, 3.05) is 26.1 Å². The third-order valence-electron chi connectivity index (χ3n) is 7.56. The summed E-state index contributed by atoms with van der Waals surface area (Å²) in [5.74, 6) is 3.07. The number of ether oxygens (including phenoxy) is 4. The van der Waals surface area contributed by atoms with Crippen LogP contribution in [-0.2, 0) is 12.8 Å². The van der Waals surface area contributed by atoms with Gasteiger partial charge >= 0.3 is 0 Å². The van der Waals surface area contributed by atoms with E-state index in [2.05, 4.69) is 20.4 Å². The molecule has 0 spiro atoms. The Morgan fingerprint density at radius 3 is 1.60 bits per heavy atom. The lowest BCUT2D eigenvalue weighted by molar-refractivity contribution is 0.173. The Labute approximate surface area is 274 Å². The summed E-state index contributed by atoms with van der Waals surface area (Å²) in [5, 5.41) is 20.4. The number of fused-ring (bicyclic) bond motifs is 4. The van der Waals surface area contributed by atoms with Crippen molar-refractivity contribution >= 4 is 56.6 Å². The van der Waals surface area contributed by atoms with Gasteiger partial charge in [-0.15, -0.1) is 43.9 Å². The van der Waals surface area contributed by atoms with Gasteiger partial charge in [0, 0.05) is 35.1 Å². The molecular formula is C34H27ClN4O4S2. The maximum Gasteiger partial charge on any atom is 0.231 e. The minimum Gasteiger partial charge on any atom is -0.454 e. The molecule has 0 bridgehead atoms. The number of nitrogens with zero attached hydrogens (tertiary/aromatic N) is 4. The third kappa shape index (κ3) is 6.05. The van der Waals surface area contributed by atoms with Gasteiger partial charge in [0.2, 0.25) is 13.6 Å². The van der Waals surface area contributed by atoms with Crippen LogP contribution in [0.1, 0.15) is 33.4 Å². The molecule has 0 N–H and O–H groups in total. The largest absolute Gasteiger partial charge is 0.454 e. The van der Waals surface area contributed by atoms with Crippen LogP contribution in [0.4, 0.5) is 0 Å². The molecule has 0 atom stereocenters. The second kappa shape index (κ2) is 13.0. The van der Waals surface area contributed by atoms with E-state index in [1.165, 1.54) is 0 Å². The van der Waals surface area contributed by atoms with Gasteiger partial charge in [-0.05, 0) is 54.0 Å². The van der Waals surface area contributed by atoms with Gasteiger partial charge in [0.25, 0.3) is 0 Å². The lowest BCUT2D eigenvalue weighted by Crippen LogP contribution is -2.07. The molecule has 0 aliphatic carbocycles. The highest BCUT2D eigenvalue weighted by molar-refractivity contribution is 8.13. The van der Waals surface area contributed by atoms with E-state index in [0.29, 0.717) is 11.4 Å². The molecule has 0 saturated heterocycles. The van der Waals surface area contributed by atoms with Gasteiger partial charge in [0.05, 0.1) is 15.1 Å². The summed E-state index contributed by atoms with van der Waals surface area (Å²) >= 11 is 9.59. The van der Waals surface area contributed by atoms with E-state index in [9.17, 15) is 0 Å². The first-order chi connectivity index (χ1) is 22.1. The predicted octanol–water partition coefficient (Wildman–Crippen LogP) is 7.62. The summed E-state index contributed by atoms with van der Waals surface area (Å²) in [6.45, 7) is 0.528. The molecule has 4 aliphatic rings. The summed E-state index contributed by atoms with van der Waals surface area (Å²) in [6.07, 6.45) is 5.49. The molecule has 226 valence electrons. The van der Waals surface area contributed by atoms with Gasteiger partial charge < -0.3 is 18.9 Å². The Morgan fingerprint density at radius 2 is 1.04 bits per heavy atom. The van der Waals surface area contributed by atoms with Crippen LogP contribution >= 0.6 is 35.1 Å². The number of hydrogen-bond acceptors (Lipinski definition) is 10. The predicted molar refractivity (Wildman–Crippen MR) is 184 cm³/mol. The van der Waals surface area contributed by atoms with Crippen LogP contribution in [0.25, 0.3) is 0 Å². The lowest BCUT2D eigenvalue weighted by atomic mass is 9.95. The van der Waals surface area contributed by atoms with E-state index in [1.807, 2.05) is 91.4 Å². The van der Waals surface area contributed by atoms with Gasteiger partial charge in [0.1, 0.15) is 11.4 Å². The molecule has 11 heteroatoms. The monoisotopic (exact) mass is 654 g/mol. The molecule has 0 aromatic heterocycles. The SMILES string of the molecule is CSC1=NN=C(c2ccccc2)c2cc3c(cc2C1)OCO3.CSC1=NN=C(c2ccccc2Cl)c2cc3c(cc2C1)OCO3. The zero-order chi connectivity index (χ0) is 30.8. The van der Waals surface area contributed by atoms with E-state index < -0.39 is 0 Å².